The normalized spacial score (nSPS) is 10.5. The van der Waals surface area contributed by atoms with Gasteiger partial charge in [0.15, 0.2) is 5.65 Å². The highest BCUT2D eigenvalue weighted by Crippen LogP contribution is 2.12. The lowest BCUT2D eigenvalue weighted by atomic mass is 10.1. The second kappa shape index (κ2) is 8.80. The molecule has 0 aliphatic rings. The average Bonchev–Trinajstić information content (AvgIpc) is 2.85. The maximum atomic E-state index is 4.43. The van der Waals surface area contributed by atoms with E-state index in [1.165, 1.54) is 38.5 Å². The molecule has 0 radical (unpaired) electrons. The Labute approximate surface area is 127 Å². The molecule has 0 aliphatic heterocycles. The molecule has 5 heteroatoms. The van der Waals surface area contributed by atoms with Crippen molar-refractivity contribution >= 4 is 23.9 Å². The number of aryl methyl sites for hydroxylation is 1. The highest BCUT2D eigenvalue weighted by Gasteiger charge is 2.03. The maximum absolute atomic E-state index is 4.43. The standard InChI is InChI=1S/C15H24N4.ClH/c1-3-4-5-6-7-8-10-16-15-12-13(2)18-14-9-11-17-19(14)15;/h9,11-12,16H,3-8,10H2,1-2H3;1H. The molecule has 4 nitrogen and oxygen atoms in total. The number of nitrogens with zero attached hydrogens (tertiary/aromatic N) is 3. The average molecular weight is 297 g/mol. The summed E-state index contributed by atoms with van der Waals surface area (Å²) in [6.45, 7) is 5.27. The van der Waals surface area contributed by atoms with Crippen molar-refractivity contribution < 1.29 is 0 Å². The van der Waals surface area contributed by atoms with Gasteiger partial charge in [0.05, 0.1) is 6.20 Å². The number of rotatable bonds is 8. The molecule has 2 aromatic heterocycles. The molecule has 0 aromatic carbocycles. The molecule has 0 bridgehead atoms. The molecule has 0 saturated carbocycles. The van der Waals surface area contributed by atoms with E-state index in [0.29, 0.717) is 0 Å². The summed E-state index contributed by atoms with van der Waals surface area (Å²) in [5.41, 5.74) is 1.93. The zero-order chi connectivity index (χ0) is 13.5. The first-order valence-corrected chi connectivity index (χ1v) is 7.36. The number of halogens is 1. The second-order valence-electron chi connectivity index (χ2n) is 5.08. The van der Waals surface area contributed by atoms with E-state index < -0.39 is 0 Å². The summed E-state index contributed by atoms with van der Waals surface area (Å²) in [6, 6.07) is 3.99. The zero-order valence-electron chi connectivity index (χ0n) is 12.4. The molecule has 0 saturated heterocycles. The molecule has 0 spiro atoms. The lowest BCUT2D eigenvalue weighted by Crippen LogP contribution is -2.08. The third-order valence-corrected chi connectivity index (χ3v) is 3.32. The lowest BCUT2D eigenvalue weighted by Gasteiger charge is -2.09. The van der Waals surface area contributed by atoms with Crippen LogP contribution in [0.2, 0.25) is 0 Å². The summed E-state index contributed by atoms with van der Waals surface area (Å²) in [6.07, 6.45) is 9.71. The summed E-state index contributed by atoms with van der Waals surface area (Å²) < 4.78 is 1.87. The van der Waals surface area contributed by atoms with Crippen LogP contribution in [0.5, 0.6) is 0 Å². The molecule has 0 amide bonds. The van der Waals surface area contributed by atoms with E-state index in [2.05, 4.69) is 28.4 Å². The molecule has 0 aliphatic carbocycles. The van der Waals surface area contributed by atoms with Crippen LogP contribution < -0.4 is 5.32 Å². The van der Waals surface area contributed by atoms with Gasteiger partial charge in [-0.25, -0.2) is 4.98 Å². The van der Waals surface area contributed by atoms with Crippen LogP contribution in [0.4, 0.5) is 5.82 Å². The van der Waals surface area contributed by atoms with E-state index in [4.69, 9.17) is 0 Å². The van der Waals surface area contributed by atoms with E-state index in [1.807, 2.05) is 17.5 Å². The Morgan fingerprint density at radius 1 is 1.15 bits per heavy atom. The number of fused-ring (bicyclic) bond motifs is 1. The molecule has 112 valence electrons. The Balaban J connectivity index is 0.00000200. The molecule has 20 heavy (non-hydrogen) atoms. The first-order valence-electron chi connectivity index (χ1n) is 7.36. The van der Waals surface area contributed by atoms with Gasteiger partial charge in [-0.3, -0.25) is 0 Å². The molecule has 1 N–H and O–H groups in total. The zero-order valence-corrected chi connectivity index (χ0v) is 13.2. The van der Waals surface area contributed by atoms with Gasteiger partial charge in [0.1, 0.15) is 5.82 Å². The number of hydrogen-bond donors (Lipinski definition) is 1. The molecule has 2 aromatic rings. The van der Waals surface area contributed by atoms with E-state index in [0.717, 1.165) is 23.7 Å². The third-order valence-electron chi connectivity index (χ3n) is 3.32. The van der Waals surface area contributed by atoms with Crippen LogP contribution in [0, 0.1) is 6.92 Å². The van der Waals surface area contributed by atoms with Crippen LogP contribution in [-0.4, -0.2) is 21.1 Å². The van der Waals surface area contributed by atoms with E-state index in [-0.39, 0.29) is 12.4 Å². The Kier molecular flexibility index (Phi) is 7.37. The topological polar surface area (TPSA) is 42.2 Å². The van der Waals surface area contributed by atoms with Crippen molar-refractivity contribution in [2.45, 2.75) is 52.4 Å². The van der Waals surface area contributed by atoms with Gasteiger partial charge in [0, 0.05) is 24.4 Å². The first-order chi connectivity index (χ1) is 9.31. The number of anilines is 1. The monoisotopic (exact) mass is 296 g/mol. The van der Waals surface area contributed by atoms with Crippen molar-refractivity contribution in [3.63, 3.8) is 0 Å². The summed E-state index contributed by atoms with van der Waals surface area (Å²) in [5, 5.41) is 7.76. The fraction of sp³-hybridized carbons (Fsp3) is 0.600. The maximum Gasteiger partial charge on any atom is 0.157 e. The van der Waals surface area contributed by atoms with Crippen molar-refractivity contribution in [2.75, 3.05) is 11.9 Å². The van der Waals surface area contributed by atoms with Gasteiger partial charge in [-0.2, -0.15) is 9.61 Å². The highest BCUT2D eigenvalue weighted by atomic mass is 35.5. The quantitative estimate of drug-likeness (QED) is 0.741. The number of hydrogen-bond acceptors (Lipinski definition) is 3. The number of aromatic nitrogens is 3. The third kappa shape index (κ3) is 4.67. The minimum Gasteiger partial charge on any atom is -0.370 e. The highest BCUT2D eigenvalue weighted by molar-refractivity contribution is 5.85. The Morgan fingerprint density at radius 2 is 1.90 bits per heavy atom. The van der Waals surface area contributed by atoms with Crippen molar-refractivity contribution in [1.82, 2.24) is 14.6 Å². The van der Waals surface area contributed by atoms with Gasteiger partial charge in [0.25, 0.3) is 0 Å². The van der Waals surface area contributed by atoms with Crippen LogP contribution in [0.15, 0.2) is 18.3 Å². The van der Waals surface area contributed by atoms with Gasteiger partial charge in [-0.15, -0.1) is 12.4 Å². The van der Waals surface area contributed by atoms with Crippen molar-refractivity contribution in [2.24, 2.45) is 0 Å². The largest absolute Gasteiger partial charge is 0.370 e. The predicted molar refractivity (Wildman–Crippen MR) is 86.8 cm³/mol. The van der Waals surface area contributed by atoms with E-state index in [9.17, 15) is 0 Å². The lowest BCUT2D eigenvalue weighted by molar-refractivity contribution is 0.616. The summed E-state index contributed by atoms with van der Waals surface area (Å²) >= 11 is 0. The number of unbranched alkanes of at least 4 members (excludes halogenated alkanes) is 5. The first kappa shape index (κ1) is 16.8. The molecule has 0 atom stereocenters. The van der Waals surface area contributed by atoms with Crippen LogP contribution in [-0.2, 0) is 0 Å². The minimum absolute atomic E-state index is 0. The van der Waals surface area contributed by atoms with Gasteiger partial charge >= 0.3 is 0 Å². The van der Waals surface area contributed by atoms with Crippen molar-refractivity contribution in [3.8, 4) is 0 Å². The summed E-state index contributed by atoms with van der Waals surface area (Å²) in [7, 11) is 0. The van der Waals surface area contributed by atoms with Crippen LogP contribution in [0.25, 0.3) is 5.65 Å². The Morgan fingerprint density at radius 3 is 2.70 bits per heavy atom. The SMILES string of the molecule is CCCCCCCCNc1cc(C)nc2ccnn12.Cl. The Bertz CT molecular complexity index is 510. The van der Waals surface area contributed by atoms with E-state index in [1.54, 1.807) is 6.20 Å². The summed E-state index contributed by atoms with van der Waals surface area (Å²) in [5.74, 6) is 1.04. The fourth-order valence-electron chi connectivity index (χ4n) is 2.29. The molecule has 2 heterocycles. The Hall–Kier alpha value is -1.29. The van der Waals surface area contributed by atoms with Crippen LogP contribution in [0.1, 0.15) is 51.1 Å². The van der Waals surface area contributed by atoms with Gasteiger partial charge in [-0.1, -0.05) is 39.0 Å². The molecular formula is C15H25ClN4. The molecule has 0 unspecified atom stereocenters. The summed E-state index contributed by atoms with van der Waals surface area (Å²) in [4.78, 5) is 4.43. The predicted octanol–water partition coefficient (Wildman–Crippen LogP) is 4.23. The second-order valence-corrected chi connectivity index (χ2v) is 5.08. The van der Waals surface area contributed by atoms with Crippen molar-refractivity contribution in [3.05, 3.63) is 24.0 Å². The van der Waals surface area contributed by atoms with Crippen LogP contribution >= 0.6 is 12.4 Å². The van der Waals surface area contributed by atoms with Gasteiger partial charge in [-0.05, 0) is 13.3 Å². The van der Waals surface area contributed by atoms with Gasteiger partial charge in [0.2, 0.25) is 0 Å². The minimum atomic E-state index is 0. The van der Waals surface area contributed by atoms with Crippen molar-refractivity contribution in [1.29, 1.82) is 0 Å². The smallest absolute Gasteiger partial charge is 0.157 e. The number of nitrogens with one attached hydrogen (secondary N) is 1. The fourth-order valence-corrected chi connectivity index (χ4v) is 2.29. The molecule has 0 fully saturated rings. The van der Waals surface area contributed by atoms with Crippen LogP contribution in [0.3, 0.4) is 0 Å². The van der Waals surface area contributed by atoms with E-state index >= 15 is 0 Å². The molecule has 2 rings (SSSR count). The van der Waals surface area contributed by atoms with Gasteiger partial charge < -0.3 is 5.32 Å². The molecular weight excluding hydrogens is 272 g/mol.